The first kappa shape index (κ1) is 14.3. The lowest BCUT2D eigenvalue weighted by Crippen LogP contribution is -2.56. The third-order valence-electron chi connectivity index (χ3n) is 3.24. The van der Waals surface area contributed by atoms with Crippen molar-refractivity contribution in [2.45, 2.75) is 18.9 Å². The molecule has 1 heterocycles. The summed E-state index contributed by atoms with van der Waals surface area (Å²) in [4.78, 5) is 23.1. The minimum absolute atomic E-state index is 0.0319. The SMILES string of the molecule is Cc1cccc(F)c1NC(=O)NC1(C(=O)O)CCOC1. The first-order valence-electron chi connectivity index (χ1n) is 6.10. The van der Waals surface area contributed by atoms with Gasteiger partial charge in [-0.15, -0.1) is 0 Å². The molecule has 108 valence electrons. The minimum Gasteiger partial charge on any atom is -0.479 e. The second-order valence-corrected chi connectivity index (χ2v) is 4.70. The number of rotatable bonds is 3. The molecule has 0 aliphatic carbocycles. The zero-order valence-corrected chi connectivity index (χ0v) is 10.9. The predicted octanol–water partition coefficient (Wildman–Crippen LogP) is 1.50. The summed E-state index contributed by atoms with van der Waals surface area (Å²) in [5.41, 5.74) is -0.875. The Morgan fingerprint density at radius 2 is 2.20 bits per heavy atom. The molecule has 1 unspecified atom stereocenters. The lowest BCUT2D eigenvalue weighted by atomic mass is 9.99. The van der Waals surface area contributed by atoms with Gasteiger partial charge < -0.3 is 20.5 Å². The molecule has 0 radical (unpaired) electrons. The molecule has 1 aliphatic heterocycles. The number of anilines is 1. The Morgan fingerprint density at radius 3 is 2.75 bits per heavy atom. The second kappa shape index (κ2) is 5.46. The minimum atomic E-state index is -1.46. The van der Waals surface area contributed by atoms with Crippen molar-refractivity contribution in [3.8, 4) is 0 Å². The van der Waals surface area contributed by atoms with E-state index in [0.29, 0.717) is 5.56 Å². The number of amides is 2. The van der Waals surface area contributed by atoms with Gasteiger partial charge in [-0.25, -0.2) is 14.0 Å². The van der Waals surface area contributed by atoms with Gasteiger partial charge in [0, 0.05) is 13.0 Å². The number of carbonyl (C=O) groups excluding carboxylic acids is 1. The summed E-state index contributed by atoms with van der Waals surface area (Å²) >= 11 is 0. The highest BCUT2D eigenvalue weighted by molar-refractivity contribution is 5.94. The van der Waals surface area contributed by atoms with Crippen LogP contribution >= 0.6 is 0 Å². The van der Waals surface area contributed by atoms with E-state index in [0.717, 1.165) is 0 Å². The fourth-order valence-electron chi connectivity index (χ4n) is 2.04. The van der Waals surface area contributed by atoms with E-state index in [2.05, 4.69) is 10.6 Å². The molecule has 7 heteroatoms. The van der Waals surface area contributed by atoms with Crippen LogP contribution in [0.3, 0.4) is 0 Å². The molecule has 0 aromatic heterocycles. The summed E-state index contributed by atoms with van der Waals surface area (Å²) in [5, 5.41) is 13.9. The van der Waals surface area contributed by atoms with Gasteiger partial charge in [0.05, 0.1) is 12.3 Å². The zero-order valence-electron chi connectivity index (χ0n) is 10.9. The van der Waals surface area contributed by atoms with Crippen LogP contribution in [0.1, 0.15) is 12.0 Å². The molecule has 1 aromatic carbocycles. The molecule has 2 amide bonds. The standard InChI is InChI=1S/C13H15FN2O4/c1-8-3-2-4-9(14)10(8)15-12(19)16-13(11(17)18)5-6-20-7-13/h2-4H,5-7H2,1H3,(H,17,18)(H2,15,16,19). The molecule has 3 N–H and O–H groups in total. The quantitative estimate of drug-likeness (QED) is 0.784. The van der Waals surface area contributed by atoms with E-state index in [9.17, 15) is 19.1 Å². The van der Waals surface area contributed by atoms with E-state index >= 15 is 0 Å². The van der Waals surface area contributed by atoms with Crippen molar-refractivity contribution in [3.63, 3.8) is 0 Å². The molecule has 20 heavy (non-hydrogen) atoms. The number of para-hydroxylation sites is 1. The number of aliphatic carboxylic acids is 1. The van der Waals surface area contributed by atoms with Crippen molar-refractivity contribution in [2.24, 2.45) is 0 Å². The van der Waals surface area contributed by atoms with Gasteiger partial charge in [0.1, 0.15) is 5.82 Å². The molecular weight excluding hydrogens is 267 g/mol. The lowest BCUT2D eigenvalue weighted by molar-refractivity contribution is -0.144. The van der Waals surface area contributed by atoms with Crippen molar-refractivity contribution < 1.29 is 23.8 Å². The Hall–Kier alpha value is -2.15. The fourth-order valence-corrected chi connectivity index (χ4v) is 2.04. The van der Waals surface area contributed by atoms with Gasteiger partial charge >= 0.3 is 12.0 Å². The van der Waals surface area contributed by atoms with Crippen LogP contribution in [0.25, 0.3) is 0 Å². The number of aryl methyl sites for hydroxylation is 1. The van der Waals surface area contributed by atoms with Gasteiger partial charge in [-0.3, -0.25) is 0 Å². The van der Waals surface area contributed by atoms with Crippen LogP contribution in [0.4, 0.5) is 14.9 Å². The highest BCUT2D eigenvalue weighted by atomic mass is 19.1. The molecule has 2 rings (SSSR count). The van der Waals surface area contributed by atoms with E-state index in [-0.39, 0.29) is 25.3 Å². The number of hydrogen-bond donors (Lipinski definition) is 3. The van der Waals surface area contributed by atoms with Crippen molar-refractivity contribution in [1.82, 2.24) is 5.32 Å². The zero-order chi connectivity index (χ0) is 14.8. The van der Waals surface area contributed by atoms with Crippen LogP contribution in [-0.4, -0.2) is 35.9 Å². The number of nitrogens with one attached hydrogen (secondary N) is 2. The Morgan fingerprint density at radius 1 is 1.45 bits per heavy atom. The number of ether oxygens (including phenoxy) is 1. The molecule has 6 nitrogen and oxygen atoms in total. The predicted molar refractivity (Wildman–Crippen MR) is 69.1 cm³/mol. The van der Waals surface area contributed by atoms with Crippen LogP contribution in [0.15, 0.2) is 18.2 Å². The van der Waals surface area contributed by atoms with E-state index in [1.165, 1.54) is 12.1 Å². The van der Waals surface area contributed by atoms with Crippen LogP contribution in [-0.2, 0) is 9.53 Å². The summed E-state index contributed by atoms with van der Waals surface area (Å²) in [6, 6.07) is 3.61. The van der Waals surface area contributed by atoms with E-state index in [1.807, 2.05) is 0 Å². The lowest BCUT2D eigenvalue weighted by Gasteiger charge is -2.24. The fraction of sp³-hybridized carbons (Fsp3) is 0.385. The molecule has 0 spiro atoms. The van der Waals surface area contributed by atoms with Crippen molar-refractivity contribution >= 4 is 17.7 Å². The maximum atomic E-state index is 13.6. The first-order chi connectivity index (χ1) is 9.44. The van der Waals surface area contributed by atoms with Crippen molar-refractivity contribution in [1.29, 1.82) is 0 Å². The van der Waals surface area contributed by atoms with Crippen LogP contribution in [0.2, 0.25) is 0 Å². The first-order valence-corrected chi connectivity index (χ1v) is 6.10. The normalized spacial score (nSPS) is 21.5. The number of halogens is 1. The maximum absolute atomic E-state index is 13.6. The van der Waals surface area contributed by atoms with Gasteiger partial charge in [0.25, 0.3) is 0 Å². The highest BCUT2D eigenvalue weighted by Gasteiger charge is 2.44. The van der Waals surface area contributed by atoms with Gasteiger partial charge in [0.2, 0.25) is 0 Å². The summed E-state index contributed by atoms with van der Waals surface area (Å²) in [5.74, 6) is -1.75. The average Bonchev–Trinajstić information content (AvgIpc) is 2.84. The maximum Gasteiger partial charge on any atom is 0.332 e. The third kappa shape index (κ3) is 2.72. The van der Waals surface area contributed by atoms with Gasteiger partial charge in [-0.1, -0.05) is 12.1 Å². The van der Waals surface area contributed by atoms with Crippen LogP contribution < -0.4 is 10.6 Å². The Bertz CT molecular complexity index is 521. The highest BCUT2D eigenvalue weighted by Crippen LogP contribution is 2.21. The molecule has 0 bridgehead atoms. The Labute approximate surface area is 114 Å². The van der Waals surface area contributed by atoms with Gasteiger partial charge in [-0.05, 0) is 18.6 Å². The van der Waals surface area contributed by atoms with E-state index in [4.69, 9.17) is 4.74 Å². The van der Waals surface area contributed by atoms with Gasteiger partial charge in [-0.2, -0.15) is 0 Å². The van der Waals surface area contributed by atoms with Crippen molar-refractivity contribution in [3.05, 3.63) is 29.6 Å². The molecular formula is C13H15FN2O4. The molecule has 1 aromatic rings. The molecule has 1 aliphatic rings. The van der Waals surface area contributed by atoms with Crippen LogP contribution in [0.5, 0.6) is 0 Å². The Kier molecular flexibility index (Phi) is 3.89. The molecule has 1 atom stereocenters. The smallest absolute Gasteiger partial charge is 0.332 e. The number of hydrogen-bond acceptors (Lipinski definition) is 3. The number of carboxylic acids is 1. The molecule has 1 saturated heterocycles. The summed E-state index contributed by atoms with van der Waals surface area (Å²) in [6.07, 6.45) is 0.173. The summed E-state index contributed by atoms with van der Waals surface area (Å²) in [6.45, 7) is 1.79. The molecule has 1 fully saturated rings. The monoisotopic (exact) mass is 282 g/mol. The molecule has 0 saturated carbocycles. The van der Waals surface area contributed by atoms with E-state index < -0.39 is 23.4 Å². The second-order valence-electron chi connectivity index (χ2n) is 4.70. The topological polar surface area (TPSA) is 87.7 Å². The number of carboxylic acid groups (broad SMARTS) is 1. The average molecular weight is 282 g/mol. The number of urea groups is 1. The van der Waals surface area contributed by atoms with E-state index in [1.54, 1.807) is 13.0 Å². The number of carbonyl (C=O) groups is 2. The summed E-state index contributed by atoms with van der Waals surface area (Å²) < 4.78 is 18.6. The van der Waals surface area contributed by atoms with Crippen LogP contribution in [0, 0.1) is 12.7 Å². The summed E-state index contributed by atoms with van der Waals surface area (Å²) in [7, 11) is 0. The number of benzene rings is 1. The Balaban J connectivity index is 2.11. The van der Waals surface area contributed by atoms with Crippen molar-refractivity contribution in [2.75, 3.05) is 18.5 Å². The third-order valence-corrected chi connectivity index (χ3v) is 3.24. The van der Waals surface area contributed by atoms with Gasteiger partial charge in [0.15, 0.2) is 5.54 Å². The largest absolute Gasteiger partial charge is 0.479 e.